The Hall–Kier alpha value is -1.07. The lowest BCUT2D eigenvalue weighted by Crippen LogP contribution is -2.41. The van der Waals surface area contributed by atoms with E-state index in [9.17, 15) is 4.79 Å². The number of carbonyl (C=O) groups is 1. The van der Waals surface area contributed by atoms with Gasteiger partial charge in [-0.1, -0.05) is 12.1 Å². The van der Waals surface area contributed by atoms with Crippen molar-refractivity contribution in [2.24, 2.45) is 11.5 Å². The van der Waals surface area contributed by atoms with Crippen molar-refractivity contribution in [3.63, 3.8) is 0 Å². The van der Waals surface area contributed by atoms with Crippen LogP contribution in [-0.4, -0.2) is 18.5 Å². The maximum atomic E-state index is 10.7. The van der Waals surface area contributed by atoms with Crippen molar-refractivity contribution in [2.45, 2.75) is 6.04 Å². The number of rotatable bonds is 4. The molecule has 1 unspecified atom stereocenters. The third-order valence-electron chi connectivity index (χ3n) is 1.75. The molecule has 0 radical (unpaired) electrons. The van der Waals surface area contributed by atoms with Gasteiger partial charge in [-0.3, -0.25) is 4.79 Å². The maximum Gasteiger partial charge on any atom is 0.236 e. The van der Waals surface area contributed by atoms with E-state index < -0.39 is 11.9 Å². The van der Waals surface area contributed by atoms with Gasteiger partial charge in [0.25, 0.3) is 0 Å². The van der Waals surface area contributed by atoms with Crippen LogP contribution in [0.15, 0.2) is 28.7 Å². The standard InChI is InChI=1S/C9H12BrN3O/c10-6-3-1-2-4-8(6)13-5-7(11)9(12)14/h1-4,7,13H,5,11H2,(H2,12,14). The molecule has 0 fully saturated rings. The number of amides is 1. The largest absolute Gasteiger partial charge is 0.382 e. The Morgan fingerprint density at radius 3 is 2.71 bits per heavy atom. The highest BCUT2D eigenvalue weighted by atomic mass is 79.9. The Kier molecular flexibility index (Phi) is 3.91. The van der Waals surface area contributed by atoms with Crippen molar-refractivity contribution in [2.75, 3.05) is 11.9 Å². The van der Waals surface area contributed by atoms with Crippen molar-refractivity contribution >= 4 is 27.5 Å². The van der Waals surface area contributed by atoms with Crippen LogP contribution in [0.1, 0.15) is 0 Å². The third-order valence-corrected chi connectivity index (χ3v) is 2.44. The SMILES string of the molecule is NC(=O)C(N)CNc1ccccc1Br. The predicted octanol–water partition coefficient (Wildman–Crippen LogP) is 0.674. The number of para-hydroxylation sites is 1. The number of benzene rings is 1. The maximum absolute atomic E-state index is 10.7. The summed E-state index contributed by atoms with van der Waals surface area (Å²) in [6.45, 7) is 0.331. The Morgan fingerprint density at radius 2 is 2.14 bits per heavy atom. The second-order valence-electron chi connectivity index (χ2n) is 2.87. The summed E-state index contributed by atoms with van der Waals surface area (Å²) in [5, 5.41) is 3.02. The zero-order valence-corrected chi connectivity index (χ0v) is 9.12. The Labute approximate surface area is 90.8 Å². The van der Waals surface area contributed by atoms with E-state index in [1.807, 2.05) is 24.3 Å². The fraction of sp³-hybridized carbons (Fsp3) is 0.222. The molecule has 4 nitrogen and oxygen atoms in total. The average molecular weight is 258 g/mol. The minimum atomic E-state index is -0.665. The van der Waals surface area contributed by atoms with E-state index in [2.05, 4.69) is 21.2 Å². The number of nitrogens with two attached hydrogens (primary N) is 2. The highest BCUT2D eigenvalue weighted by molar-refractivity contribution is 9.10. The summed E-state index contributed by atoms with van der Waals surface area (Å²) in [5.74, 6) is -0.510. The fourth-order valence-electron chi connectivity index (χ4n) is 0.925. The van der Waals surface area contributed by atoms with Crippen LogP contribution in [-0.2, 0) is 4.79 Å². The van der Waals surface area contributed by atoms with Crippen LogP contribution in [0.4, 0.5) is 5.69 Å². The first kappa shape index (κ1) is 11.0. The molecule has 0 aliphatic heterocycles. The number of hydrogen-bond acceptors (Lipinski definition) is 3. The van der Waals surface area contributed by atoms with Crippen LogP contribution in [0, 0.1) is 0 Å². The zero-order chi connectivity index (χ0) is 10.6. The van der Waals surface area contributed by atoms with E-state index in [0.29, 0.717) is 6.54 Å². The summed E-state index contributed by atoms with van der Waals surface area (Å²) in [6, 6.07) is 6.92. The van der Waals surface area contributed by atoms with Gasteiger partial charge in [0.15, 0.2) is 0 Å². The number of primary amides is 1. The first-order valence-electron chi connectivity index (χ1n) is 4.14. The Morgan fingerprint density at radius 1 is 1.50 bits per heavy atom. The number of hydrogen-bond donors (Lipinski definition) is 3. The van der Waals surface area contributed by atoms with E-state index in [1.165, 1.54) is 0 Å². The molecule has 0 spiro atoms. The van der Waals surface area contributed by atoms with E-state index in [4.69, 9.17) is 11.5 Å². The highest BCUT2D eigenvalue weighted by Crippen LogP contribution is 2.20. The number of nitrogens with one attached hydrogen (secondary N) is 1. The van der Waals surface area contributed by atoms with Gasteiger partial charge >= 0.3 is 0 Å². The predicted molar refractivity (Wildman–Crippen MR) is 59.8 cm³/mol. The molecule has 1 amide bonds. The van der Waals surface area contributed by atoms with Crippen LogP contribution < -0.4 is 16.8 Å². The van der Waals surface area contributed by atoms with Crippen LogP contribution in [0.2, 0.25) is 0 Å². The van der Waals surface area contributed by atoms with Gasteiger partial charge < -0.3 is 16.8 Å². The van der Waals surface area contributed by atoms with E-state index in [-0.39, 0.29) is 0 Å². The topological polar surface area (TPSA) is 81.1 Å². The van der Waals surface area contributed by atoms with Crippen LogP contribution in [0.25, 0.3) is 0 Å². The van der Waals surface area contributed by atoms with E-state index >= 15 is 0 Å². The van der Waals surface area contributed by atoms with Crippen LogP contribution in [0.5, 0.6) is 0 Å². The zero-order valence-electron chi connectivity index (χ0n) is 7.53. The molecule has 5 N–H and O–H groups in total. The molecule has 0 aromatic heterocycles. The number of carbonyl (C=O) groups excluding carboxylic acids is 1. The smallest absolute Gasteiger partial charge is 0.236 e. The van der Waals surface area contributed by atoms with Crippen molar-refractivity contribution < 1.29 is 4.79 Å². The summed E-state index contributed by atoms with van der Waals surface area (Å²) < 4.78 is 0.927. The van der Waals surface area contributed by atoms with Gasteiger partial charge in [0.1, 0.15) is 6.04 Å². The van der Waals surface area contributed by atoms with Gasteiger partial charge in [0, 0.05) is 16.7 Å². The molecule has 0 bridgehead atoms. The molecule has 5 heteroatoms. The molecule has 0 saturated carbocycles. The minimum absolute atomic E-state index is 0.331. The molecule has 1 atom stereocenters. The minimum Gasteiger partial charge on any atom is -0.382 e. The quantitative estimate of drug-likeness (QED) is 0.742. The first-order chi connectivity index (χ1) is 6.61. The summed E-state index contributed by atoms with van der Waals surface area (Å²) in [4.78, 5) is 10.7. The van der Waals surface area contributed by atoms with Crippen molar-refractivity contribution in [3.05, 3.63) is 28.7 Å². The summed E-state index contributed by atoms with van der Waals surface area (Å²) in [5.41, 5.74) is 11.4. The lowest BCUT2D eigenvalue weighted by Gasteiger charge is -2.11. The summed E-state index contributed by atoms with van der Waals surface area (Å²) >= 11 is 3.36. The second-order valence-corrected chi connectivity index (χ2v) is 3.72. The molecule has 1 aromatic rings. The van der Waals surface area contributed by atoms with Crippen LogP contribution in [0.3, 0.4) is 0 Å². The molecule has 0 heterocycles. The molecule has 0 saturated heterocycles. The molecule has 1 aromatic carbocycles. The van der Waals surface area contributed by atoms with Crippen LogP contribution >= 0.6 is 15.9 Å². The normalized spacial score (nSPS) is 12.1. The van der Waals surface area contributed by atoms with E-state index in [1.54, 1.807) is 0 Å². The molecule has 76 valence electrons. The molecule has 14 heavy (non-hydrogen) atoms. The van der Waals surface area contributed by atoms with Gasteiger partial charge in [-0.05, 0) is 28.1 Å². The average Bonchev–Trinajstić information content (AvgIpc) is 2.16. The Bertz CT molecular complexity index is 330. The monoisotopic (exact) mass is 257 g/mol. The third kappa shape index (κ3) is 3.01. The van der Waals surface area contributed by atoms with Gasteiger partial charge in [0.05, 0.1) is 0 Å². The van der Waals surface area contributed by atoms with Gasteiger partial charge in [0.2, 0.25) is 5.91 Å². The second kappa shape index (κ2) is 4.97. The summed E-state index contributed by atoms with van der Waals surface area (Å²) in [6.07, 6.45) is 0. The van der Waals surface area contributed by atoms with Crippen molar-refractivity contribution in [1.82, 2.24) is 0 Å². The fourth-order valence-corrected chi connectivity index (χ4v) is 1.35. The van der Waals surface area contributed by atoms with E-state index in [0.717, 1.165) is 10.2 Å². The van der Waals surface area contributed by atoms with Gasteiger partial charge in [-0.2, -0.15) is 0 Å². The molecule has 0 aliphatic carbocycles. The Balaban J connectivity index is 2.54. The van der Waals surface area contributed by atoms with Crippen molar-refractivity contribution in [3.8, 4) is 0 Å². The van der Waals surface area contributed by atoms with Crippen molar-refractivity contribution in [1.29, 1.82) is 0 Å². The highest BCUT2D eigenvalue weighted by Gasteiger charge is 2.08. The van der Waals surface area contributed by atoms with Gasteiger partial charge in [-0.25, -0.2) is 0 Å². The van der Waals surface area contributed by atoms with Gasteiger partial charge in [-0.15, -0.1) is 0 Å². The lowest BCUT2D eigenvalue weighted by atomic mass is 10.2. The molecular weight excluding hydrogens is 246 g/mol. The molecular formula is C9H12BrN3O. The summed E-state index contributed by atoms with van der Waals surface area (Å²) in [7, 11) is 0. The lowest BCUT2D eigenvalue weighted by molar-refractivity contribution is -0.118. The molecule has 0 aliphatic rings. The first-order valence-corrected chi connectivity index (χ1v) is 4.94. The number of halogens is 1. The number of anilines is 1. The molecule has 1 rings (SSSR count).